The van der Waals surface area contributed by atoms with Crippen LogP contribution in [0, 0.1) is 0 Å². The molecule has 0 bridgehead atoms. The average molecular weight is 229 g/mol. The maximum atomic E-state index is 11.3. The summed E-state index contributed by atoms with van der Waals surface area (Å²) in [5.41, 5.74) is 0. The quantitative estimate of drug-likeness (QED) is 0.708. The molecular weight excluding hydrogens is 212 g/mol. The van der Waals surface area contributed by atoms with Crippen LogP contribution in [-0.4, -0.2) is 38.2 Å². The van der Waals surface area contributed by atoms with E-state index in [2.05, 4.69) is 4.72 Å². The minimum absolute atomic E-state index is 0.0279. The molecule has 0 aliphatic rings. The zero-order valence-corrected chi connectivity index (χ0v) is 9.98. The molecule has 0 aromatic carbocycles. The van der Waals surface area contributed by atoms with Crippen LogP contribution in [0.1, 0.15) is 20.3 Å². The molecule has 0 saturated heterocycles. The van der Waals surface area contributed by atoms with E-state index in [1.165, 1.54) is 14.1 Å². The molecule has 80 valence electrons. The van der Waals surface area contributed by atoms with Crippen molar-refractivity contribution in [2.24, 2.45) is 0 Å². The zero-order valence-electron chi connectivity index (χ0n) is 8.41. The van der Waals surface area contributed by atoms with E-state index in [9.17, 15) is 8.42 Å². The molecule has 2 atom stereocenters. The van der Waals surface area contributed by atoms with Gasteiger partial charge in [-0.1, -0.05) is 0 Å². The van der Waals surface area contributed by atoms with Crippen LogP contribution in [0.15, 0.2) is 0 Å². The second-order valence-electron chi connectivity index (χ2n) is 3.32. The SMILES string of the molecule is CC(Cl)CC(C)NS(=O)(=O)N(C)C. The van der Waals surface area contributed by atoms with Gasteiger partial charge in [-0.2, -0.15) is 17.4 Å². The number of nitrogens with zero attached hydrogens (tertiary/aromatic N) is 1. The molecule has 1 N–H and O–H groups in total. The summed E-state index contributed by atoms with van der Waals surface area (Å²) < 4.78 is 26.2. The smallest absolute Gasteiger partial charge is 0.199 e. The zero-order chi connectivity index (χ0) is 10.6. The van der Waals surface area contributed by atoms with Gasteiger partial charge < -0.3 is 0 Å². The van der Waals surface area contributed by atoms with Crippen molar-refractivity contribution in [3.63, 3.8) is 0 Å². The first-order valence-electron chi connectivity index (χ1n) is 4.09. The molecule has 0 spiro atoms. The van der Waals surface area contributed by atoms with Crippen molar-refractivity contribution in [1.82, 2.24) is 9.03 Å². The molecule has 6 heteroatoms. The van der Waals surface area contributed by atoms with Crippen molar-refractivity contribution in [2.45, 2.75) is 31.7 Å². The van der Waals surface area contributed by atoms with Crippen LogP contribution < -0.4 is 4.72 Å². The van der Waals surface area contributed by atoms with Crippen molar-refractivity contribution in [1.29, 1.82) is 0 Å². The molecule has 0 radical (unpaired) electrons. The van der Waals surface area contributed by atoms with Gasteiger partial charge in [-0.15, -0.1) is 11.6 Å². The molecule has 0 saturated carbocycles. The van der Waals surface area contributed by atoms with Gasteiger partial charge in [0.25, 0.3) is 10.2 Å². The third-order valence-electron chi connectivity index (χ3n) is 1.51. The Morgan fingerprint density at radius 1 is 1.38 bits per heavy atom. The Morgan fingerprint density at radius 2 is 1.85 bits per heavy atom. The fourth-order valence-corrected chi connectivity index (χ4v) is 1.98. The summed E-state index contributed by atoms with van der Waals surface area (Å²) in [6.07, 6.45) is 0.620. The highest BCUT2D eigenvalue weighted by molar-refractivity contribution is 7.87. The van der Waals surface area contributed by atoms with E-state index in [0.29, 0.717) is 6.42 Å². The van der Waals surface area contributed by atoms with Crippen LogP contribution in [0.25, 0.3) is 0 Å². The Hall–Kier alpha value is 0.160. The molecule has 2 unspecified atom stereocenters. The second-order valence-corrected chi connectivity index (χ2v) is 5.98. The van der Waals surface area contributed by atoms with E-state index in [4.69, 9.17) is 11.6 Å². The summed E-state index contributed by atoms with van der Waals surface area (Å²) in [5.74, 6) is 0. The highest BCUT2D eigenvalue weighted by atomic mass is 35.5. The van der Waals surface area contributed by atoms with E-state index in [1.54, 1.807) is 6.92 Å². The molecule has 0 aromatic heterocycles. The van der Waals surface area contributed by atoms with Crippen LogP contribution in [0.2, 0.25) is 0 Å². The van der Waals surface area contributed by atoms with Crippen molar-refractivity contribution < 1.29 is 8.42 Å². The van der Waals surface area contributed by atoms with E-state index in [-0.39, 0.29) is 11.4 Å². The number of rotatable bonds is 5. The number of halogens is 1. The van der Waals surface area contributed by atoms with E-state index in [1.807, 2.05) is 6.92 Å². The summed E-state index contributed by atoms with van der Waals surface area (Å²) in [6.45, 7) is 3.63. The second kappa shape index (κ2) is 5.14. The summed E-state index contributed by atoms with van der Waals surface area (Å²) in [5, 5.41) is -0.0279. The lowest BCUT2D eigenvalue weighted by molar-refractivity contribution is 0.484. The van der Waals surface area contributed by atoms with Crippen molar-refractivity contribution in [2.75, 3.05) is 14.1 Å². The molecule has 0 amide bonds. The summed E-state index contributed by atoms with van der Waals surface area (Å²) in [7, 11) is -0.348. The normalized spacial score (nSPS) is 17.4. The molecule has 0 aliphatic heterocycles. The molecule has 0 fully saturated rings. The fourth-order valence-electron chi connectivity index (χ4n) is 0.895. The van der Waals surface area contributed by atoms with Gasteiger partial charge >= 0.3 is 0 Å². The molecule has 0 heterocycles. The highest BCUT2D eigenvalue weighted by Gasteiger charge is 2.17. The van der Waals surface area contributed by atoms with E-state index in [0.717, 1.165) is 4.31 Å². The molecular formula is C7H17ClN2O2S. The summed E-state index contributed by atoms with van der Waals surface area (Å²) in [4.78, 5) is 0. The van der Waals surface area contributed by atoms with Crippen LogP contribution >= 0.6 is 11.6 Å². The highest BCUT2D eigenvalue weighted by Crippen LogP contribution is 2.05. The lowest BCUT2D eigenvalue weighted by Gasteiger charge is -2.18. The van der Waals surface area contributed by atoms with Gasteiger partial charge in [0.1, 0.15) is 0 Å². The monoisotopic (exact) mass is 228 g/mol. The maximum absolute atomic E-state index is 11.3. The molecule has 0 aliphatic carbocycles. The molecule has 4 nitrogen and oxygen atoms in total. The molecule has 0 rings (SSSR count). The Labute approximate surface area is 85.4 Å². The lowest BCUT2D eigenvalue weighted by Crippen LogP contribution is -2.41. The Kier molecular flexibility index (Phi) is 5.21. The van der Waals surface area contributed by atoms with Gasteiger partial charge in [0.2, 0.25) is 0 Å². The first-order chi connectivity index (χ1) is 5.75. The van der Waals surface area contributed by atoms with Gasteiger partial charge in [0.15, 0.2) is 0 Å². The third-order valence-corrected chi connectivity index (χ3v) is 3.35. The summed E-state index contributed by atoms with van der Waals surface area (Å²) >= 11 is 5.73. The lowest BCUT2D eigenvalue weighted by atomic mass is 10.2. The van der Waals surface area contributed by atoms with Gasteiger partial charge in [-0.3, -0.25) is 0 Å². The molecule has 13 heavy (non-hydrogen) atoms. The van der Waals surface area contributed by atoms with Crippen LogP contribution in [0.3, 0.4) is 0 Å². The van der Waals surface area contributed by atoms with Crippen LogP contribution in [0.5, 0.6) is 0 Å². The van der Waals surface area contributed by atoms with Crippen molar-refractivity contribution in [3.8, 4) is 0 Å². The van der Waals surface area contributed by atoms with Gasteiger partial charge in [0, 0.05) is 25.5 Å². The maximum Gasteiger partial charge on any atom is 0.279 e. The van der Waals surface area contributed by atoms with E-state index >= 15 is 0 Å². The summed E-state index contributed by atoms with van der Waals surface area (Å²) in [6, 6.07) is -0.139. The third kappa shape index (κ3) is 5.46. The number of nitrogens with one attached hydrogen (secondary N) is 1. The predicted molar refractivity (Wildman–Crippen MR) is 55.1 cm³/mol. The fraction of sp³-hybridized carbons (Fsp3) is 1.00. The first-order valence-corrected chi connectivity index (χ1v) is 5.97. The van der Waals surface area contributed by atoms with Crippen molar-refractivity contribution in [3.05, 3.63) is 0 Å². The minimum atomic E-state index is -3.32. The Bertz CT molecular complexity index is 239. The van der Waals surface area contributed by atoms with Gasteiger partial charge in [-0.05, 0) is 20.3 Å². The number of alkyl halides is 1. The van der Waals surface area contributed by atoms with Crippen molar-refractivity contribution >= 4 is 21.8 Å². The van der Waals surface area contributed by atoms with Crippen LogP contribution in [0.4, 0.5) is 0 Å². The minimum Gasteiger partial charge on any atom is -0.199 e. The van der Waals surface area contributed by atoms with Crippen LogP contribution in [-0.2, 0) is 10.2 Å². The number of hydrogen-bond acceptors (Lipinski definition) is 2. The predicted octanol–water partition coefficient (Wildman–Crippen LogP) is 0.788. The first kappa shape index (κ1) is 13.2. The molecule has 0 aromatic rings. The largest absolute Gasteiger partial charge is 0.279 e. The number of hydrogen-bond donors (Lipinski definition) is 1. The van der Waals surface area contributed by atoms with Gasteiger partial charge in [0.05, 0.1) is 0 Å². The standard InChI is InChI=1S/C7H17ClN2O2S/c1-6(8)5-7(2)9-13(11,12)10(3)4/h6-7,9H,5H2,1-4H3. The van der Waals surface area contributed by atoms with E-state index < -0.39 is 10.2 Å². The topological polar surface area (TPSA) is 49.4 Å². The van der Waals surface area contributed by atoms with Gasteiger partial charge in [-0.25, -0.2) is 0 Å². The Morgan fingerprint density at radius 3 is 2.15 bits per heavy atom. The average Bonchev–Trinajstić information content (AvgIpc) is 1.82. The Balaban J connectivity index is 4.13.